The van der Waals surface area contributed by atoms with Crippen molar-refractivity contribution >= 4 is 23.3 Å². The third-order valence-electron chi connectivity index (χ3n) is 2.46. The van der Waals surface area contributed by atoms with E-state index in [4.69, 9.17) is 21.2 Å². The van der Waals surface area contributed by atoms with Gasteiger partial charge < -0.3 is 9.57 Å². The maximum Gasteiger partial charge on any atom is 0.312 e. The molecule has 0 atom stereocenters. The van der Waals surface area contributed by atoms with E-state index in [1.165, 1.54) is 7.11 Å². The fraction of sp³-hybridized carbons (Fsp3) is 0.429. The number of hydrogen-bond donors (Lipinski definition) is 0. The monoisotopic (exact) mass is 283 g/mol. The van der Waals surface area contributed by atoms with Gasteiger partial charge in [0.2, 0.25) is 0 Å². The summed E-state index contributed by atoms with van der Waals surface area (Å²) in [5.41, 5.74) is 1.15. The molecular weight excluding hydrogens is 266 g/mol. The van der Waals surface area contributed by atoms with Crippen molar-refractivity contribution in [1.82, 2.24) is 0 Å². The van der Waals surface area contributed by atoms with E-state index in [2.05, 4.69) is 5.16 Å². The zero-order valence-corrected chi connectivity index (χ0v) is 11.9. The first-order valence-corrected chi connectivity index (χ1v) is 6.57. The number of carbonyl (C=O) groups excluding carboxylic acids is 1. The average molecular weight is 284 g/mol. The van der Waals surface area contributed by atoms with Crippen LogP contribution in [0.2, 0.25) is 5.02 Å². The van der Waals surface area contributed by atoms with Gasteiger partial charge in [0.1, 0.15) is 7.11 Å². The van der Waals surface area contributed by atoms with Crippen molar-refractivity contribution in [2.24, 2.45) is 5.16 Å². The minimum atomic E-state index is -0.329. The molecule has 0 saturated heterocycles. The van der Waals surface area contributed by atoms with Crippen LogP contribution in [0.1, 0.15) is 31.7 Å². The first-order chi connectivity index (χ1) is 9.19. The molecule has 0 aliphatic rings. The van der Waals surface area contributed by atoms with Gasteiger partial charge in [-0.3, -0.25) is 4.79 Å². The van der Waals surface area contributed by atoms with E-state index in [1.54, 1.807) is 12.1 Å². The van der Waals surface area contributed by atoms with Crippen LogP contribution in [0, 0.1) is 0 Å². The summed E-state index contributed by atoms with van der Waals surface area (Å²) in [6.45, 7) is 2.47. The number of benzene rings is 1. The molecule has 0 amide bonds. The number of halogens is 1. The Morgan fingerprint density at radius 3 is 2.74 bits per heavy atom. The van der Waals surface area contributed by atoms with Gasteiger partial charge in [0.05, 0.1) is 18.7 Å². The Morgan fingerprint density at radius 2 is 2.11 bits per heavy atom. The average Bonchev–Trinajstić information content (AvgIpc) is 2.39. The molecule has 0 radical (unpaired) electrons. The molecule has 104 valence electrons. The molecule has 0 spiro atoms. The van der Waals surface area contributed by atoms with Crippen LogP contribution in [0.5, 0.6) is 0 Å². The van der Waals surface area contributed by atoms with E-state index in [0.29, 0.717) is 22.9 Å². The van der Waals surface area contributed by atoms with E-state index in [0.717, 1.165) is 12.8 Å². The van der Waals surface area contributed by atoms with Crippen LogP contribution < -0.4 is 0 Å². The predicted octanol–water partition coefficient (Wildman–Crippen LogP) is 3.42. The molecule has 1 aromatic rings. The Labute approximate surface area is 118 Å². The van der Waals surface area contributed by atoms with Crippen molar-refractivity contribution in [3.63, 3.8) is 0 Å². The molecular formula is C14H18ClNO3. The lowest BCUT2D eigenvalue weighted by Gasteiger charge is -2.08. The van der Waals surface area contributed by atoms with Gasteiger partial charge in [0.15, 0.2) is 0 Å². The Morgan fingerprint density at radius 1 is 1.37 bits per heavy atom. The number of unbranched alkanes of at least 4 members (excludes halogenated alkanes) is 1. The minimum Gasteiger partial charge on any atom is -0.465 e. The molecule has 4 nitrogen and oxygen atoms in total. The molecule has 0 fully saturated rings. The zero-order chi connectivity index (χ0) is 14.1. The minimum absolute atomic E-state index is 0.0429. The lowest BCUT2D eigenvalue weighted by atomic mass is 10.1. The van der Waals surface area contributed by atoms with Crippen LogP contribution in [-0.2, 0) is 14.4 Å². The maximum atomic E-state index is 11.7. The second-order valence-electron chi connectivity index (χ2n) is 3.95. The van der Waals surface area contributed by atoms with E-state index in [1.807, 2.05) is 19.1 Å². The van der Waals surface area contributed by atoms with Gasteiger partial charge in [-0.05, 0) is 12.5 Å². The Hall–Kier alpha value is -1.55. The zero-order valence-electron chi connectivity index (χ0n) is 11.2. The summed E-state index contributed by atoms with van der Waals surface area (Å²) in [5.74, 6) is -0.329. The Balaban J connectivity index is 2.72. The molecule has 1 aromatic carbocycles. The smallest absolute Gasteiger partial charge is 0.312 e. The van der Waals surface area contributed by atoms with Crippen molar-refractivity contribution < 1.29 is 14.4 Å². The normalized spacial score (nSPS) is 11.2. The third kappa shape index (κ3) is 5.30. The highest BCUT2D eigenvalue weighted by molar-refractivity contribution is 6.34. The number of oxime groups is 1. The van der Waals surface area contributed by atoms with E-state index >= 15 is 0 Å². The number of esters is 1. The van der Waals surface area contributed by atoms with E-state index < -0.39 is 0 Å². The van der Waals surface area contributed by atoms with Gasteiger partial charge in [-0.15, -0.1) is 0 Å². The number of carbonyl (C=O) groups is 1. The Kier molecular flexibility index (Phi) is 6.97. The highest BCUT2D eigenvalue weighted by Gasteiger charge is 2.14. The van der Waals surface area contributed by atoms with Gasteiger partial charge in [-0.1, -0.05) is 48.3 Å². The molecule has 0 aliphatic heterocycles. The van der Waals surface area contributed by atoms with Crippen molar-refractivity contribution in [2.45, 2.75) is 26.2 Å². The first-order valence-electron chi connectivity index (χ1n) is 6.19. The van der Waals surface area contributed by atoms with Gasteiger partial charge in [-0.2, -0.15) is 0 Å². The van der Waals surface area contributed by atoms with Crippen LogP contribution >= 0.6 is 11.6 Å². The largest absolute Gasteiger partial charge is 0.465 e. The summed E-state index contributed by atoms with van der Waals surface area (Å²) in [7, 11) is 1.43. The Bertz CT molecular complexity index is 446. The highest BCUT2D eigenvalue weighted by Crippen LogP contribution is 2.18. The molecule has 0 heterocycles. The fourth-order valence-corrected chi connectivity index (χ4v) is 1.75. The predicted molar refractivity (Wildman–Crippen MR) is 75.5 cm³/mol. The third-order valence-corrected chi connectivity index (χ3v) is 2.79. The van der Waals surface area contributed by atoms with Crippen LogP contribution in [-0.4, -0.2) is 25.4 Å². The summed E-state index contributed by atoms with van der Waals surface area (Å²) in [4.78, 5) is 16.4. The van der Waals surface area contributed by atoms with E-state index in [-0.39, 0.29) is 12.4 Å². The van der Waals surface area contributed by atoms with Gasteiger partial charge in [0, 0.05) is 10.6 Å². The second kappa shape index (κ2) is 8.53. The van der Waals surface area contributed by atoms with Crippen molar-refractivity contribution in [2.75, 3.05) is 13.7 Å². The first kappa shape index (κ1) is 15.5. The van der Waals surface area contributed by atoms with E-state index in [9.17, 15) is 4.79 Å². The van der Waals surface area contributed by atoms with Crippen LogP contribution in [0.4, 0.5) is 0 Å². The molecule has 0 bridgehead atoms. The molecule has 0 unspecified atom stereocenters. The molecule has 0 saturated carbocycles. The van der Waals surface area contributed by atoms with Gasteiger partial charge >= 0.3 is 5.97 Å². The lowest BCUT2D eigenvalue weighted by Crippen LogP contribution is -2.14. The SMILES string of the molecule is CCCCOC(=O)CC(=NOC)c1ccccc1Cl. The summed E-state index contributed by atoms with van der Waals surface area (Å²) < 4.78 is 5.10. The van der Waals surface area contributed by atoms with Gasteiger partial charge in [0.25, 0.3) is 0 Å². The summed E-state index contributed by atoms with van der Waals surface area (Å²) in [6, 6.07) is 7.18. The second-order valence-corrected chi connectivity index (χ2v) is 4.36. The molecule has 0 aliphatic carbocycles. The van der Waals surface area contributed by atoms with Crippen LogP contribution in [0.15, 0.2) is 29.4 Å². The lowest BCUT2D eigenvalue weighted by molar-refractivity contribution is -0.142. The van der Waals surface area contributed by atoms with Crippen molar-refractivity contribution in [3.8, 4) is 0 Å². The summed E-state index contributed by atoms with van der Waals surface area (Å²) in [6.07, 6.45) is 1.88. The van der Waals surface area contributed by atoms with Gasteiger partial charge in [-0.25, -0.2) is 0 Å². The number of hydrogen-bond acceptors (Lipinski definition) is 4. The maximum absolute atomic E-state index is 11.7. The molecule has 1 rings (SSSR count). The number of nitrogens with zero attached hydrogens (tertiary/aromatic N) is 1. The topological polar surface area (TPSA) is 47.9 Å². The van der Waals surface area contributed by atoms with Crippen molar-refractivity contribution in [3.05, 3.63) is 34.9 Å². The molecule has 0 aromatic heterocycles. The molecule has 5 heteroatoms. The quantitative estimate of drug-likeness (QED) is 0.333. The fourth-order valence-electron chi connectivity index (χ4n) is 1.50. The van der Waals surface area contributed by atoms with Crippen LogP contribution in [0.3, 0.4) is 0 Å². The summed E-state index contributed by atoms with van der Waals surface area (Å²) in [5, 5.41) is 4.38. The molecule has 0 N–H and O–H groups in total. The highest BCUT2D eigenvalue weighted by atomic mass is 35.5. The standard InChI is InChI=1S/C14H18ClNO3/c1-3-4-9-19-14(17)10-13(16-18-2)11-7-5-6-8-12(11)15/h5-8H,3-4,9-10H2,1-2H3. The molecule has 19 heavy (non-hydrogen) atoms. The number of rotatable bonds is 7. The van der Waals surface area contributed by atoms with Crippen LogP contribution in [0.25, 0.3) is 0 Å². The van der Waals surface area contributed by atoms with Crippen molar-refractivity contribution in [1.29, 1.82) is 0 Å². The number of ether oxygens (including phenoxy) is 1. The summed E-state index contributed by atoms with van der Waals surface area (Å²) >= 11 is 6.08.